The maximum absolute atomic E-state index is 5.61. The number of benzene rings is 1. The molecule has 1 aromatic carbocycles. The van der Waals surface area contributed by atoms with Crippen molar-refractivity contribution in [2.45, 2.75) is 12.5 Å². The summed E-state index contributed by atoms with van der Waals surface area (Å²) in [6, 6.07) is 10.4. The number of ether oxygens (including phenoxy) is 2. The van der Waals surface area contributed by atoms with Crippen molar-refractivity contribution in [3.05, 3.63) is 30.3 Å². The van der Waals surface area contributed by atoms with Gasteiger partial charge in [-0.15, -0.1) is 12.4 Å². The van der Waals surface area contributed by atoms with E-state index in [2.05, 4.69) is 5.32 Å². The smallest absolute Gasteiger partial charge is 0.119 e. The lowest BCUT2D eigenvalue weighted by atomic mass is 10.2. The molecule has 0 aliphatic carbocycles. The Labute approximate surface area is 116 Å². The van der Waals surface area contributed by atoms with Crippen molar-refractivity contribution < 1.29 is 9.47 Å². The number of hydrogen-bond donors (Lipinski definition) is 1. The zero-order chi connectivity index (χ0) is 10.3. The van der Waals surface area contributed by atoms with E-state index >= 15 is 0 Å². The van der Waals surface area contributed by atoms with Crippen LogP contribution in [0.3, 0.4) is 0 Å². The molecule has 1 heterocycles. The molecule has 0 saturated carbocycles. The quantitative estimate of drug-likeness (QED) is 0.913. The van der Waals surface area contributed by atoms with Crippen molar-refractivity contribution in [2.24, 2.45) is 0 Å². The van der Waals surface area contributed by atoms with Crippen molar-refractivity contribution in [3.63, 3.8) is 0 Å². The second kappa shape index (κ2) is 9.59. The Hall–Kier alpha value is -0.420. The summed E-state index contributed by atoms with van der Waals surface area (Å²) >= 11 is 0. The minimum absolute atomic E-state index is 0. The highest BCUT2D eigenvalue weighted by molar-refractivity contribution is 7.59. The van der Waals surface area contributed by atoms with Crippen LogP contribution >= 0.6 is 25.9 Å². The van der Waals surface area contributed by atoms with Crippen LogP contribution in [0.4, 0.5) is 0 Å². The van der Waals surface area contributed by atoms with E-state index in [4.69, 9.17) is 9.47 Å². The third kappa shape index (κ3) is 6.17. The SMILES string of the molecule is Cl.S.c1ccc(OCC[C@H]2COCCN2)cc1. The van der Waals surface area contributed by atoms with Crippen molar-refractivity contribution in [2.75, 3.05) is 26.4 Å². The van der Waals surface area contributed by atoms with E-state index in [1.807, 2.05) is 30.3 Å². The third-order valence-corrected chi connectivity index (χ3v) is 2.48. The average molecular weight is 278 g/mol. The number of hydrogen-bond acceptors (Lipinski definition) is 3. The molecule has 1 aliphatic heterocycles. The van der Waals surface area contributed by atoms with Gasteiger partial charge in [0, 0.05) is 12.6 Å². The molecule has 0 spiro atoms. The minimum Gasteiger partial charge on any atom is -0.494 e. The second-order valence-corrected chi connectivity index (χ2v) is 3.68. The zero-order valence-corrected chi connectivity index (χ0v) is 11.5. The predicted octanol–water partition coefficient (Wildman–Crippen LogP) is 1.98. The summed E-state index contributed by atoms with van der Waals surface area (Å²) in [5, 5.41) is 3.40. The molecule has 17 heavy (non-hydrogen) atoms. The monoisotopic (exact) mass is 277 g/mol. The summed E-state index contributed by atoms with van der Waals surface area (Å²) in [6.07, 6.45) is 0.995. The van der Waals surface area contributed by atoms with Crippen LogP contribution in [-0.2, 0) is 4.74 Å². The average Bonchev–Trinajstić information content (AvgIpc) is 2.32. The molecule has 1 atom stereocenters. The van der Waals surface area contributed by atoms with Crippen molar-refractivity contribution in [3.8, 4) is 5.75 Å². The standard InChI is InChI=1S/C12H17NO2.ClH.H2S/c1-2-4-12(5-3-1)15-8-6-11-10-14-9-7-13-11;;/h1-5,11,13H,6-10H2;1H;1H2/t11-;;/m0../s1. The van der Waals surface area contributed by atoms with E-state index in [1.165, 1.54) is 0 Å². The highest BCUT2D eigenvalue weighted by Crippen LogP contribution is 2.09. The van der Waals surface area contributed by atoms with E-state index in [-0.39, 0.29) is 25.9 Å². The number of rotatable bonds is 4. The van der Waals surface area contributed by atoms with Gasteiger partial charge in [0.15, 0.2) is 0 Å². The van der Waals surface area contributed by atoms with E-state index < -0.39 is 0 Å². The Bertz CT molecular complexity index is 281. The van der Waals surface area contributed by atoms with Crippen LogP contribution in [-0.4, -0.2) is 32.4 Å². The summed E-state index contributed by atoms with van der Waals surface area (Å²) in [4.78, 5) is 0. The fourth-order valence-electron chi connectivity index (χ4n) is 1.64. The van der Waals surface area contributed by atoms with E-state index in [9.17, 15) is 0 Å². The first-order chi connectivity index (χ1) is 7.45. The van der Waals surface area contributed by atoms with Gasteiger partial charge in [0.25, 0.3) is 0 Å². The molecule has 0 bridgehead atoms. The highest BCUT2D eigenvalue weighted by Gasteiger charge is 2.12. The Morgan fingerprint density at radius 3 is 2.71 bits per heavy atom. The lowest BCUT2D eigenvalue weighted by Gasteiger charge is -2.23. The molecule has 5 heteroatoms. The lowest BCUT2D eigenvalue weighted by Crippen LogP contribution is -2.41. The number of para-hydroxylation sites is 1. The van der Waals surface area contributed by atoms with Gasteiger partial charge in [0.2, 0.25) is 0 Å². The molecule has 1 fully saturated rings. The topological polar surface area (TPSA) is 30.5 Å². The van der Waals surface area contributed by atoms with Gasteiger partial charge in [0.05, 0.1) is 19.8 Å². The van der Waals surface area contributed by atoms with Crippen molar-refractivity contribution in [1.82, 2.24) is 5.32 Å². The molecular weight excluding hydrogens is 258 g/mol. The molecule has 2 rings (SSSR count). The molecule has 0 unspecified atom stereocenters. The summed E-state index contributed by atoms with van der Waals surface area (Å²) < 4.78 is 11.0. The Balaban J connectivity index is 0.00000128. The minimum atomic E-state index is 0. The highest BCUT2D eigenvalue weighted by atomic mass is 35.5. The molecule has 0 amide bonds. The molecule has 0 radical (unpaired) electrons. The van der Waals surface area contributed by atoms with Gasteiger partial charge in [-0.2, -0.15) is 13.5 Å². The second-order valence-electron chi connectivity index (χ2n) is 3.68. The summed E-state index contributed by atoms with van der Waals surface area (Å²) in [7, 11) is 0. The van der Waals surface area contributed by atoms with Crippen molar-refractivity contribution >= 4 is 25.9 Å². The van der Waals surface area contributed by atoms with Crippen LogP contribution in [0, 0.1) is 0 Å². The van der Waals surface area contributed by atoms with Gasteiger partial charge >= 0.3 is 0 Å². The summed E-state index contributed by atoms with van der Waals surface area (Å²) in [5.41, 5.74) is 0. The van der Waals surface area contributed by atoms with Gasteiger partial charge in [0.1, 0.15) is 5.75 Å². The van der Waals surface area contributed by atoms with Gasteiger partial charge in [-0.3, -0.25) is 0 Å². The van der Waals surface area contributed by atoms with Gasteiger partial charge < -0.3 is 14.8 Å². The number of halogens is 1. The van der Waals surface area contributed by atoms with E-state index in [0.29, 0.717) is 6.04 Å². The Morgan fingerprint density at radius 2 is 2.06 bits per heavy atom. The molecule has 1 aliphatic rings. The van der Waals surface area contributed by atoms with Crippen LogP contribution in [0.25, 0.3) is 0 Å². The molecular formula is C12H20ClNO2S. The van der Waals surface area contributed by atoms with Crippen LogP contribution in [0.15, 0.2) is 30.3 Å². The number of nitrogens with one attached hydrogen (secondary N) is 1. The maximum atomic E-state index is 5.61. The fourth-order valence-corrected chi connectivity index (χ4v) is 1.64. The van der Waals surface area contributed by atoms with E-state index in [1.54, 1.807) is 0 Å². The van der Waals surface area contributed by atoms with Crippen LogP contribution in [0.1, 0.15) is 6.42 Å². The predicted molar refractivity (Wildman–Crippen MR) is 76.8 cm³/mol. The van der Waals surface area contributed by atoms with Crippen LogP contribution in [0.5, 0.6) is 5.75 Å². The molecule has 3 nitrogen and oxygen atoms in total. The summed E-state index contributed by atoms with van der Waals surface area (Å²) in [5.74, 6) is 0.939. The lowest BCUT2D eigenvalue weighted by molar-refractivity contribution is 0.0691. The maximum Gasteiger partial charge on any atom is 0.119 e. The first-order valence-corrected chi connectivity index (χ1v) is 5.44. The number of morpholine rings is 1. The third-order valence-electron chi connectivity index (χ3n) is 2.48. The van der Waals surface area contributed by atoms with Gasteiger partial charge in [-0.25, -0.2) is 0 Å². The van der Waals surface area contributed by atoms with Gasteiger partial charge in [-0.1, -0.05) is 18.2 Å². The molecule has 1 N–H and O–H groups in total. The van der Waals surface area contributed by atoms with Crippen LogP contribution < -0.4 is 10.1 Å². The van der Waals surface area contributed by atoms with Crippen molar-refractivity contribution in [1.29, 1.82) is 0 Å². The van der Waals surface area contributed by atoms with Gasteiger partial charge in [-0.05, 0) is 18.6 Å². The Kier molecular flexibility index (Phi) is 9.36. The molecule has 1 saturated heterocycles. The normalized spacial score (nSPS) is 18.7. The largest absolute Gasteiger partial charge is 0.494 e. The molecule has 0 aromatic heterocycles. The molecule has 1 aromatic rings. The van der Waals surface area contributed by atoms with E-state index in [0.717, 1.165) is 38.5 Å². The fraction of sp³-hybridized carbons (Fsp3) is 0.500. The first kappa shape index (κ1) is 16.6. The Morgan fingerprint density at radius 1 is 1.29 bits per heavy atom. The first-order valence-electron chi connectivity index (χ1n) is 5.44. The molecule has 98 valence electrons. The summed E-state index contributed by atoms with van der Waals surface area (Å²) in [6.45, 7) is 3.33. The zero-order valence-electron chi connectivity index (χ0n) is 9.72. The van der Waals surface area contributed by atoms with Crippen LogP contribution in [0.2, 0.25) is 0 Å².